The summed E-state index contributed by atoms with van der Waals surface area (Å²) in [6.07, 6.45) is 3.73. The Balaban J connectivity index is 2.05. The highest BCUT2D eigenvalue weighted by Crippen LogP contribution is 2.24. The van der Waals surface area contributed by atoms with Crippen molar-refractivity contribution in [1.29, 1.82) is 0 Å². The molecular formula is C14H24ClN5O. The zero-order valence-corrected chi connectivity index (χ0v) is 13.3. The molecule has 1 aromatic heterocycles. The van der Waals surface area contributed by atoms with Crippen LogP contribution in [0.1, 0.15) is 19.8 Å². The van der Waals surface area contributed by atoms with Crippen molar-refractivity contribution in [2.45, 2.75) is 19.8 Å². The van der Waals surface area contributed by atoms with Crippen molar-refractivity contribution >= 4 is 23.4 Å². The molecule has 0 bridgehead atoms. The van der Waals surface area contributed by atoms with Crippen molar-refractivity contribution in [2.24, 2.45) is 0 Å². The number of β-amino-alcohol motifs (C(OH)–C–C–N with tert-alkyl or cyclic N) is 1. The summed E-state index contributed by atoms with van der Waals surface area (Å²) in [6.45, 7) is 7.60. The fourth-order valence-electron chi connectivity index (χ4n) is 2.45. The topological polar surface area (TPSA) is 64.5 Å². The number of nitrogens with zero attached hydrogens (tertiary/aromatic N) is 4. The molecular weight excluding hydrogens is 290 g/mol. The van der Waals surface area contributed by atoms with Gasteiger partial charge in [-0.1, -0.05) is 18.5 Å². The average molecular weight is 314 g/mol. The van der Waals surface area contributed by atoms with Gasteiger partial charge in [0, 0.05) is 32.7 Å². The van der Waals surface area contributed by atoms with Crippen LogP contribution in [0.2, 0.25) is 5.02 Å². The Labute approximate surface area is 131 Å². The largest absolute Gasteiger partial charge is 0.395 e. The second-order valence-electron chi connectivity index (χ2n) is 5.20. The molecule has 2 heterocycles. The lowest BCUT2D eigenvalue weighted by molar-refractivity contribution is 0.204. The van der Waals surface area contributed by atoms with Crippen molar-refractivity contribution in [2.75, 3.05) is 56.1 Å². The SMILES string of the molecule is CCCNc1ncc(Cl)c(N2CCCN(CCO)CC2)n1. The molecule has 0 saturated carbocycles. The summed E-state index contributed by atoms with van der Waals surface area (Å²) in [5, 5.41) is 12.8. The number of anilines is 2. The van der Waals surface area contributed by atoms with Crippen LogP contribution >= 0.6 is 11.6 Å². The normalized spacial score (nSPS) is 16.8. The van der Waals surface area contributed by atoms with Gasteiger partial charge in [0.25, 0.3) is 0 Å². The highest BCUT2D eigenvalue weighted by atomic mass is 35.5. The second kappa shape index (κ2) is 8.36. The Bertz CT molecular complexity index is 445. The van der Waals surface area contributed by atoms with Gasteiger partial charge in [-0.05, 0) is 19.4 Å². The molecule has 1 saturated heterocycles. The van der Waals surface area contributed by atoms with Crippen molar-refractivity contribution in [3.8, 4) is 0 Å². The first-order chi connectivity index (χ1) is 10.2. The van der Waals surface area contributed by atoms with Gasteiger partial charge in [-0.15, -0.1) is 0 Å². The van der Waals surface area contributed by atoms with Crippen LogP contribution in [0.4, 0.5) is 11.8 Å². The van der Waals surface area contributed by atoms with E-state index in [4.69, 9.17) is 16.7 Å². The molecule has 0 unspecified atom stereocenters. The number of hydrogen-bond acceptors (Lipinski definition) is 6. The number of aliphatic hydroxyl groups excluding tert-OH is 1. The lowest BCUT2D eigenvalue weighted by atomic mass is 10.3. The summed E-state index contributed by atoms with van der Waals surface area (Å²) in [5.74, 6) is 1.43. The lowest BCUT2D eigenvalue weighted by Crippen LogP contribution is -2.33. The van der Waals surface area contributed by atoms with E-state index in [0.29, 0.717) is 11.0 Å². The molecule has 1 aliphatic heterocycles. The predicted octanol–water partition coefficient (Wildman–Crippen LogP) is 1.46. The molecule has 0 amide bonds. The molecule has 0 aromatic carbocycles. The Kier molecular flexibility index (Phi) is 6.48. The standard InChI is InChI=1S/C14H24ClN5O/c1-2-4-16-14-17-11-12(15)13(18-14)20-6-3-5-19(7-8-20)9-10-21/h11,21H,2-10H2,1H3,(H,16,17,18). The number of halogens is 1. The summed E-state index contributed by atoms with van der Waals surface area (Å²) < 4.78 is 0. The molecule has 0 spiro atoms. The number of rotatable bonds is 6. The molecule has 7 heteroatoms. The summed E-state index contributed by atoms with van der Waals surface area (Å²) in [6, 6.07) is 0. The molecule has 21 heavy (non-hydrogen) atoms. The van der Waals surface area contributed by atoms with Gasteiger partial charge in [0.05, 0.1) is 12.8 Å². The van der Waals surface area contributed by atoms with E-state index in [1.54, 1.807) is 6.20 Å². The second-order valence-corrected chi connectivity index (χ2v) is 5.60. The molecule has 2 rings (SSSR count). The van der Waals surface area contributed by atoms with E-state index in [9.17, 15) is 0 Å². The van der Waals surface area contributed by atoms with Crippen molar-refractivity contribution < 1.29 is 5.11 Å². The van der Waals surface area contributed by atoms with Crippen LogP contribution in [0.25, 0.3) is 0 Å². The van der Waals surface area contributed by atoms with E-state index in [0.717, 1.165) is 57.9 Å². The Morgan fingerprint density at radius 1 is 1.33 bits per heavy atom. The number of hydrogen-bond donors (Lipinski definition) is 2. The average Bonchev–Trinajstić information content (AvgIpc) is 2.72. The molecule has 1 aliphatic rings. The molecule has 6 nitrogen and oxygen atoms in total. The van der Waals surface area contributed by atoms with Crippen LogP contribution in [0.15, 0.2) is 6.20 Å². The van der Waals surface area contributed by atoms with E-state index < -0.39 is 0 Å². The van der Waals surface area contributed by atoms with Crippen molar-refractivity contribution in [3.05, 3.63) is 11.2 Å². The Morgan fingerprint density at radius 3 is 2.95 bits per heavy atom. The Morgan fingerprint density at radius 2 is 2.19 bits per heavy atom. The molecule has 2 N–H and O–H groups in total. The quantitative estimate of drug-likeness (QED) is 0.829. The van der Waals surface area contributed by atoms with Crippen LogP contribution in [-0.2, 0) is 0 Å². The third-order valence-electron chi connectivity index (χ3n) is 3.56. The third-order valence-corrected chi connectivity index (χ3v) is 3.83. The minimum atomic E-state index is 0.208. The minimum Gasteiger partial charge on any atom is -0.395 e. The fourth-order valence-corrected chi connectivity index (χ4v) is 2.66. The van der Waals surface area contributed by atoms with Gasteiger partial charge in [-0.25, -0.2) is 4.98 Å². The zero-order chi connectivity index (χ0) is 15.1. The number of aliphatic hydroxyl groups is 1. The first-order valence-electron chi connectivity index (χ1n) is 7.59. The van der Waals surface area contributed by atoms with E-state index in [2.05, 4.69) is 32.0 Å². The van der Waals surface area contributed by atoms with E-state index in [1.165, 1.54) is 0 Å². The fraction of sp³-hybridized carbons (Fsp3) is 0.714. The van der Waals surface area contributed by atoms with E-state index in [1.807, 2.05) is 0 Å². The van der Waals surface area contributed by atoms with Gasteiger partial charge in [-0.3, -0.25) is 4.90 Å². The first kappa shape index (κ1) is 16.3. The van der Waals surface area contributed by atoms with Gasteiger partial charge in [-0.2, -0.15) is 4.98 Å². The Hall–Kier alpha value is -1.11. The zero-order valence-electron chi connectivity index (χ0n) is 12.6. The molecule has 118 valence electrons. The van der Waals surface area contributed by atoms with Crippen LogP contribution in [0.5, 0.6) is 0 Å². The summed E-state index contributed by atoms with van der Waals surface area (Å²) in [4.78, 5) is 13.2. The molecule has 1 fully saturated rings. The number of aromatic nitrogens is 2. The molecule has 0 radical (unpaired) electrons. The van der Waals surface area contributed by atoms with E-state index >= 15 is 0 Å². The molecule has 1 aromatic rings. The third kappa shape index (κ3) is 4.69. The van der Waals surface area contributed by atoms with Gasteiger partial charge in [0.2, 0.25) is 5.95 Å². The van der Waals surface area contributed by atoms with Crippen LogP contribution in [0.3, 0.4) is 0 Å². The lowest BCUT2D eigenvalue weighted by Gasteiger charge is -2.23. The highest BCUT2D eigenvalue weighted by molar-refractivity contribution is 6.32. The summed E-state index contributed by atoms with van der Waals surface area (Å²) in [5.41, 5.74) is 0. The van der Waals surface area contributed by atoms with Gasteiger partial charge < -0.3 is 15.3 Å². The maximum absolute atomic E-state index is 9.05. The smallest absolute Gasteiger partial charge is 0.224 e. The highest BCUT2D eigenvalue weighted by Gasteiger charge is 2.18. The minimum absolute atomic E-state index is 0.208. The monoisotopic (exact) mass is 313 g/mol. The van der Waals surface area contributed by atoms with Crippen LogP contribution < -0.4 is 10.2 Å². The maximum Gasteiger partial charge on any atom is 0.224 e. The summed E-state index contributed by atoms with van der Waals surface area (Å²) in [7, 11) is 0. The van der Waals surface area contributed by atoms with Gasteiger partial charge >= 0.3 is 0 Å². The molecule has 0 aliphatic carbocycles. The van der Waals surface area contributed by atoms with Gasteiger partial charge in [0.15, 0.2) is 5.82 Å². The maximum atomic E-state index is 9.05. The van der Waals surface area contributed by atoms with Crippen LogP contribution in [0, 0.1) is 0 Å². The summed E-state index contributed by atoms with van der Waals surface area (Å²) >= 11 is 6.27. The van der Waals surface area contributed by atoms with E-state index in [-0.39, 0.29) is 6.61 Å². The van der Waals surface area contributed by atoms with Crippen molar-refractivity contribution in [3.63, 3.8) is 0 Å². The van der Waals surface area contributed by atoms with Gasteiger partial charge in [0.1, 0.15) is 5.02 Å². The van der Waals surface area contributed by atoms with Crippen LogP contribution in [-0.4, -0.2) is 65.8 Å². The predicted molar refractivity (Wildman–Crippen MR) is 86.2 cm³/mol. The van der Waals surface area contributed by atoms with Crippen molar-refractivity contribution in [1.82, 2.24) is 14.9 Å². The molecule has 0 atom stereocenters. The first-order valence-corrected chi connectivity index (χ1v) is 7.97. The number of nitrogens with one attached hydrogen (secondary N) is 1.